The lowest BCUT2D eigenvalue weighted by molar-refractivity contribution is -0.177. The molecule has 2 bridgehead atoms. The van der Waals surface area contributed by atoms with E-state index in [0.717, 1.165) is 0 Å². The molecule has 2 aliphatic heterocycles. The maximum atomic E-state index is 12.2. The second-order valence-electron chi connectivity index (χ2n) is 5.42. The van der Waals surface area contributed by atoms with Gasteiger partial charge in [0.15, 0.2) is 0 Å². The first-order valence-corrected chi connectivity index (χ1v) is 6.15. The summed E-state index contributed by atoms with van der Waals surface area (Å²) in [6.07, 6.45) is 0.402. The van der Waals surface area contributed by atoms with Crippen LogP contribution in [0.1, 0.15) is 33.6 Å². The number of amides is 2. The zero-order valence-electron chi connectivity index (χ0n) is 10.6. The molecule has 3 atom stereocenters. The van der Waals surface area contributed by atoms with Crippen LogP contribution >= 0.6 is 0 Å². The van der Waals surface area contributed by atoms with Crippen molar-refractivity contribution in [2.45, 2.75) is 51.4 Å². The summed E-state index contributed by atoms with van der Waals surface area (Å²) in [7, 11) is 0. The number of fused-ring (bicyclic) bond motifs is 2. The van der Waals surface area contributed by atoms with Gasteiger partial charge < -0.3 is 10.5 Å². The number of morpholine rings is 1. The molecule has 2 amide bonds. The number of carbonyl (C=O) groups is 2. The minimum atomic E-state index is -0.612. The van der Waals surface area contributed by atoms with E-state index in [1.807, 2.05) is 20.8 Å². The predicted molar refractivity (Wildman–Crippen MR) is 62.0 cm³/mol. The Labute approximate surface area is 101 Å². The molecule has 0 aromatic heterocycles. The van der Waals surface area contributed by atoms with Crippen LogP contribution in [0.4, 0.5) is 0 Å². The van der Waals surface area contributed by atoms with Gasteiger partial charge in [-0.25, -0.2) is 0 Å². The maximum Gasteiger partial charge on any atom is 0.258 e. The van der Waals surface area contributed by atoms with Crippen LogP contribution in [-0.2, 0) is 14.3 Å². The molecule has 2 heterocycles. The van der Waals surface area contributed by atoms with Gasteiger partial charge in [0.05, 0.1) is 5.54 Å². The highest BCUT2D eigenvalue weighted by atomic mass is 16.5. The van der Waals surface area contributed by atoms with Crippen LogP contribution < -0.4 is 5.73 Å². The van der Waals surface area contributed by atoms with E-state index in [9.17, 15) is 9.59 Å². The van der Waals surface area contributed by atoms with E-state index in [1.165, 1.54) is 4.90 Å². The zero-order valence-corrected chi connectivity index (χ0v) is 10.6. The molecular weight excluding hydrogens is 220 g/mol. The zero-order chi connectivity index (χ0) is 12.8. The Hall–Kier alpha value is -0.940. The summed E-state index contributed by atoms with van der Waals surface area (Å²) in [6.45, 7) is 6.11. The fourth-order valence-corrected chi connectivity index (χ4v) is 2.49. The van der Waals surface area contributed by atoms with E-state index in [-0.39, 0.29) is 24.3 Å². The molecule has 96 valence electrons. The highest BCUT2D eigenvalue weighted by Gasteiger charge is 2.53. The summed E-state index contributed by atoms with van der Waals surface area (Å²) in [5, 5.41) is 0. The summed E-state index contributed by atoms with van der Waals surface area (Å²) in [6, 6.07) is 0. The first kappa shape index (κ1) is 12.5. The van der Waals surface area contributed by atoms with Gasteiger partial charge in [0, 0.05) is 6.54 Å². The van der Waals surface area contributed by atoms with Crippen molar-refractivity contribution in [3.63, 3.8) is 0 Å². The Morgan fingerprint density at radius 3 is 2.18 bits per heavy atom. The predicted octanol–water partition coefficient (Wildman–Crippen LogP) is 0.276. The van der Waals surface area contributed by atoms with Crippen molar-refractivity contribution in [1.82, 2.24) is 4.90 Å². The van der Waals surface area contributed by atoms with Gasteiger partial charge in [-0.2, -0.15) is 0 Å². The number of hydrogen-bond donors (Lipinski definition) is 1. The monoisotopic (exact) mass is 240 g/mol. The molecule has 2 aliphatic rings. The summed E-state index contributed by atoms with van der Waals surface area (Å²) < 4.78 is 5.39. The highest BCUT2D eigenvalue weighted by Crippen LogP contribution is 2.35. The Bertz CT molecular complexity index is 334. The van der Waals surface area contributed by atoms with E-state index in [1.54, 1.807) is 0 Å². The molecule has 0 aromatic carbocycles. The SMILES string of the molecule is CC(C)C(C)(CN)N1C(=O)C2CCC(O2)C1=O. The normalized spacial score (nSPS) is 32.2. The van der Waals surface area contributed by atoms with Gasteiger partial charge >= 0.3 is 0 Å². The quantitative estimate of drug-likeness (QED) is 0.719. The van der Waals surface area contributed by atoms with Crippen molar-refractivity contribution in [2.75, 3.05) is 6.54 Å². The molecule has 0 aliphatic carbocycles. The first-order chi connectivity index (χ1) is 7.91. The second kappa shape index (κ2) is 4.07. The number of ether oxygens (including phenoxy) is 1. The number of carbonyl (C=O) groups excluding carboxylic acids is 2. The average molecular weight is 240 g/mol. The van der Waals surface area contributed by atoms with Crippen LogP contribution in [0, 0.1) is 5.92 Å². The lowest BCUT2D eigenvalue weighted by Crippen LogP contribution is -2.65. The van der Waals surface area contributed by atoms with Crippen LogP contribution in [0.3, 0.4) is 0 Å². The third-order valence-corrected chi connectivity index (χ3v) is 4.18. The second-order valence-corrected chi connectivity index (χ2v) is 5.42. The minimum absolute atomic E-state index is 0.123. The molecule has 0 saturated carbocycles. The van der Waals surface area contributed by atoms with Gasteiger partial charge in [-0.15, -0.1) is 0 Å². The van der Waals surface area contributed by atoms with Gasteiger partial charge in [-0.1, -0.05) is 13.8 Å². The Morgan fingerprint density at radius 2 is 1.82 bits per heavy atom. The van der Waals surface area contributed by atoms with Crippen LogP contribution in [-0.4, -0.2) is 41.0 Å². The van der Waals surface area contributed by atoms with Crippen molar-refractivity contribution in [3.8, 4) is 0 Å². The molecule has 0 radical (unpaired) electrons. The lowest BCUT2D eigenvalue weighted by Gasteiger charge is -2.45. The molecule has 0 aromatic rings. The van der Waals surface area contributed by atoms with Crippen LogP contribution in [0.5, 0.6) is 0 Å². The highest BCUT2D eigenvalue weighted by molar-refractivity contribution is 6.03. The van der Waals surface area contributed by atoms with Gasteiger partial charge in [0.2, 0.25) is 0 Å². The van der Waals surface area contributed by atoms with E-state index >= 15 is 0 Å². The molecule has 2 saturated heterocycles. The molecule has 5 heteroatoms. The lowest BCUT2D eigenvalue weighted by atomic mass is 9.85. The van der Waals surface area contributed by atoms with Crippen molar-refractivity contribution in [2.24, 2.45) is 11.7 Å². The van der Waals surface area contributed by atoms with Gasteiger partial charge in [-0.3, -0.25) is 14.5 Å². The van der Waals surface area contributed by atoms with Crippen molar-refractivity contribution in [3.05, 3.63) is 0 Å². The van der Waals surface area contributed by atoms with Crippen LogP contribution in [0.25, 0.3) is 0 Å². The fraction of sp³-hybridized carbons (Fsp3) is 0.833. The number of hydrogen-bond acceptors (Lipinski definition) is 4. The third kappa shape index (κ3) is 1.68. The number of nitrogens with zero attached hydrogens (tertiary/aromatic N) is 1. The van der Waals surface area contributed by atoms with Crippen molar-refractivity contribution in [1.29, 1.82) is 0 Å². The standard InChI is InChI=1S/C12H20N2O3/c1-7(2)12(3,6-13)14-10(15)8-4-5-9(17-8)11(14)16/h7-9H,4-6,13H2,1-3H3. The fourth-order valence-electron chi connectivity index (χ4n) is 2.49. The summed E-state index contributed by atoms with van der Waals surface area (Å²) in [5.74, 6) is -0.311. The number of likely N-dealkylation sites (tertiary alicyclic amines) is 1. The van der Waals surface area contributed by atoms with E-state index in [2.05, 4.69) is 0 Å². The molecule has 0 spiro atoms. The molecule has 2 rings (SSSR count). The molecule has 5 nitrogen and oxygen atoms in total. The van der Waals surface area contributed by atoms with Crippen LogP contribution in [0.2, 0.25) is 0 Å². The number of rotatable bonds is 3. The Balaban J connectivity index is 2.36. The molecule has 3 unspecified atom stereocenters. The first-order valence-electron chi connectivity index (χ1n) is 6.15. The van der Waals surface area contributed by atoms with Gasteiger partial charge in [-0.05, 0) is 25.7 Å². The molecule has 2 N–H and O–H groups in total. The summed E-state index contributed by atoms with van der Waals surface area (Å²) in [4.78, 5) is 25.8. The maximum absolute atomic E-state index is 12.2. The average Bonchev–Trinajstić information content (AvgIpc) is 2.73. The smallest absolute Gasteiger partial charge is 0.258 e. The van der Waals surface area contributed by atoms with Crippen molar-refractivity contribution < 1.29 is 14.3 Å². The largest absolute Gasteiger partial charge is 0.355 e. The van der Waals surface area contributed by atoms with Gasteiger partial charge in [0.1, 0.15) is 12.2 Å². The molecular formula is C12H20N2O3. The number of nitrogens with two attached hydrogens (primary N) is 1. The molecule has 17 heavy (non-hydrogen) atoms. The van der Waals surface area contributed by atoms with E-state index in [4.69, 9.17) is 10.5 Å². The van der Waals surface area contributed by atoms with E-state index < -0.39 is 17.7 Å². The Morgan fingerprint density at radius 1 is 1.35 bits per heavy atom. The topological polar surface area (TPSA) is 72.6 Å². The summed E-state index contributed by atoms with van der Waals surface area (Å²) in [5.41, 5.74) is 5.18. The minimum Gasteiger partial charge on any atom is -0.355 e. The van der Waals surface area contributed by atoms with E-state index in [0.29, 0.717) is 12.8 Å². The molecule has 2 fully saturated rings. The van der Waals surface area contributed by atoms with Gasteiger partial charge in [0.25, 0.3) is 11.8 Å². The van der Waals surface area contributed by atoms with Crippen molar-refractivity contribution >= 4 is 11.8 Å². The Kier molecular flexibility index (Phi) is 2.99. The van der Waals surface area contributed by atoms with Crippen LogP contribution in [0.15, 0.2) is 0 Å². The third-order valence-electron chi connectivity index (χ3n) is 4.18. The number of imide groups is 1. The summed E-state index contributed by atoms with van der Waals surface area (Å²) >= 11 is 0.